The van der Waals surface area contributed by atoms with Crippen LogP contribution in [0.2, 0.25) is 0 Å². The molecule has 0 aliphatic heterocycles. The Morgan fingerprint density at radius 2 is 2.10 bits per heavy atom. The summed E-state index contributed by atoms with van der Waals surface area (Å²) >= 11 is 0. The summed E-state index contributed by atoms with van der Waals surface area (Å²) < 4.78 is 5.12. The van der Waals surface area contributed by atoms with E-state index in [1.54, 1.807) is 12.1 Å². The van der Waals surface area contributed by atoms with Gasteiger partial charge in [0.15, 0.2) is 0 Å². The number of hydrogen-bond acceptors (Lipinski definition) is 4. The zero-order chi connectivity index (χ0) is 14.7. The summed E-state index contributed by atoms with van der Waals surface area (Å²) in [6.45, 7) is 0.706. The van der Waals surface area contributed by atoms with E-state index in [9.17, 15) is 9.90 Å². The van der Waals surface area contributed by atoms with E-state index in [4.69, 9.17) is 4.42 Å². The summed E-state index contributed by atoms with van der Waals surface area (Å²) in [5, 5.41) is 13.9. The van der Waals surface area contributed by atoms with Gasteiger partial charge in [-0.3, -0.25) is 4.79 Å². The van der Waals surface area contributed by atoms with Gasteiger partial charge in [-0.1, -0.05) is 18.2 Å². The molecule has 1 aromatic carbocycles. The smallest absolute Gasteiger partial charge is 0.252 e. The summed E-state index contributed by atoms with van der Waals surface area (Å²) in [4.78, 5) is 14.8. The standard InChI is InChI=1S/C16H16N2O3/c19-14(15-6-3-7-21-15)10-17-9-12-8-11-4-1-2-5-13(11)18-16(12)20/h1-8,14,17,19H,9-10H2,(H,18,20)/t14-/m0/s1. The number of hydrogen-bond donors (Lipinski definition) is 3. The average molecular weight is 284 g/mol. The van der Waals surface area contributed by atoms with E-state index in [0.29, 0.717) is 24.4 Å². The molecule has 0 radical (unpaired) electrons. The Morgan fingerprint density at radius 3 is 2.90 bits per heavy atom. The van der Waals surface area contributed by atoms with Crippen molar-refractivity contribution in [3.8, 4) is 0 Å². The topological polar surface area (TPSA) is 78.3 Å². The minimum Gasteiger partial charge on any atom is -0.467 e. The molecule has 0 saturated carbocycles. The Kier molecular flexibility index (Phi) is 3.85. The second-order valence-electron chi connectivity index (χ2n) is 4.87. The lowest BCUT2D eigenvalue weighted by Crippen LogP contribution is -2.25. The van der Waals surface area contributed by atoms with E-state index in [-0.39, 0.29) is 5.56 Å². The van der Waals surface area contributed by atoms with Crippen LogP contribution in [0.5, 0.6) is 0 Å². The fourth-order valence-electron chi connectivity index (χ4n) is 2.25. The summed E-state index contributed by atoms with van der Waals surface area (Å²) in [6, 6.07) is 12.9. The van der Waals surface area contributed by atoms with Crippen molar-refractivity contribution in [2.24, 2.45) is 0 Å². The number of aromatic nitrogens is 1. The van der Waals surface area contributed by atoms with Gasteiger partial charge in [0.25, 0.3) is 5.56 Å². The van der Waals surface area contributed by atoms with Gasteiger partial charge >= 0.3 is 0 Å². The van der Waals surface area contributed by atoms with Crippen LogP contribution in [0, 0.1) is 0 Å². The number of pyridine rings is 1. The first-order valence-corrected chi connectivity index (χ1v) is 6.77. The number of aromatic amines is 1. The normalized spacial score (nSPS) is 12.6. The molecule has 1 atom stereocenters. The Balaban J connectivity index is 1.68. The van der Waals surface area contributed by atoms with Crippen molar-refractivity contribution < 1.29 is 9.52 Å². The maximum atomic E-state index is 12.0. The average Bonchev–Trinajstić information content (AvgIpc) is 3.02. The Hall–Kier alpha value is -2.37. The van der Waals surface area contributed by atoms with E-state index in [1.165, 1.54) is 6.26 Å². The van der Waals surface area contributed by atoms with Gasteiger partial charge in [0, 0.05) is 24.2 Å². The van der Waals surface area contributed by atoms with E-state index < -0.39 is 6.10 Å². The monoisotopic (exact) mass is 284 g/mol. The molecule has 0 aliphatic rings. The number of rotatable bonds is 5. The zero-order valence-electron chi connectivity index (χ0n) is 11.4. The van der Waals surface area contributed by atoms with Gasteiger partial charge in [-0.2, -0.15) is 0 Å². The van der Waals surface area contributed by atoms with Crippen molar-refractivity contribution in [3.63, 3.8) is 0 Å². The summed E-state index contributed by atoms with van der Waals surface area (Å²) in [7, 11) is 0. The van der Waals surface area contributed by atoms with Crippen molar-refractivity contribution in [2.45, 2.75) is 12.6 Å². The zero-order valence-corrected chi connectivity index (χ0v) is 11.4. The first-order chi connectivity index (χ1) is 10.2. The van der Waals surface area contributed by atoms with Crippen LogP contribution in [-0.4, -0.2) is 16.6 Å². The lowest BCUT2D eigenvalue weighted by atomic mass is 10.1. The molecule has 5 heteroatoms. The Bertz CT molecular complexity index is 778. The van der Waals surface area contributed by atoms with E-state index in [2.05, 4.69) is 10.3 Å². The lowest BCUT2D eigenvalue weighted by molar-refractivity contribution is 0.147. The number of benzene rings is 1. The van der Waals surface area contributed by atoms with Crippen LogP contribution in [0.1, 0.15) is 17.4 Å². The molecule has 2 aromatic heterocycles. The molecule has 0 saturated heterocycles. The highest BCUT2D eigenvalue weighted by Gasteiger charge is 2.10. The second kappa shape index (κ2) is 5.95. The summed E-state index contributed by atoms with van der Waals surface area (Å²) in [6.07, 6.45) is 0.798. The van der Waals surface area contributed by atoms with Gasteiger partial charge in [0.1, 0.15) is 11.9 Å². The highest BCUT2D eigenvalue weighted by molar-refractivity contribution is 5.78. The third-order valence-corrected chi connectivity index (χ3v) is 3.36. The molecular formula is C16H16N2O3. The minimum atomic E-state index is -0.723. The predicted molar refractivity (Wildman–Crippen MR) is 79.9 cm³/mol. The molecule has 3 aromatic rings. The van der Waals surface area contributed by atoms with Crippen molar-refractivity contribution in [1.82, 2.24) is 10.3 Å². The molecule has 2 heterocycles. The third-order valence-electron chi connectivity index (χ3n) is 3.36. The third kappa shape index (κ3) is 3.04. The van der Waals surface area contributed by atoms with Crippen LogP contribution in [0.4, 0.5) is 0 Å². The minimum absolute atomic E-state index is 0.117. The summed E-state index contributed by atoms with van der Waals surface area (Å²) in [5.74, 6) is 0.509. The molecule has 0 fully saturated rings. The fourth-order valence-corrected chi connectivity index (χ4v) is 2.25. The fraction of sp³-hybridized carbons (Fsp3) is 0.188. The second-order valence-corrected chi connectivity index (χ2v) is 4.87. The van der Waals surface area contributed by atoms with Gasteiger partial charge < -0.3 is 19.8 Å². The molecule has 21 heavy (non-hydrogen) atoms. The molecule has 0 amide bonds. The van der Waals surface area contributed by atoms with Crippen molar-refractivity contribution in [2.75, 3.05) is 6.54 Å². The Labute approximate surface area is 121 Å². The maximum absolute atomic E-state index is 12.0. The number of H-pyrrole nitrogens is 1. The lowest BCUT2D eigenvalue weighted by Gasteiger charge is -2.09. The number of fused-ring (bicyclic) bond motifs is 1. The van der Waals surface area contributed by atoms with Crippen molar-refractivity contribution in [1.29, 1.82) is 0 Å². The van der Waals surface area contributed by atoms with Gasteiger partial charge in [0.05, 0.1) is 6.26 Å². The summed E-state index contributed by atoms with van der Waals surface area (Å²) in [5.41, 5.74) is 1.34. The van der Waals surface area contributed by atoms with E-state index in [0.717, 1.165) is 10.9 Å². The van der Waals surface area contributed by atoms with Crippen LogP contribution in [-0.2, 0) is 6.54 Å². The molecule has 3 rings (SSSR count). The first-order valence-electron chi connectivity index (χ1n) is 6.77. The number of para-hydroxylation sites is 1. The highest BCUT2D eigenvalue weighted by Crippen LogP contribution is 2.12. The number of furan rings is 1. The van der Waals surface area contributed by atoms with Crippen LogP contribution < -0.4 is 10.9 Å². The highest BCUT2D eigenvalue weighted by atomic mass is 16.4. The van der Waals surface area contributed by atoms with Gasteiger partial charge in [-0.15, -0.1) is 0 Å². The molecule has 0 unspecified atom stereocenters. The van der Waals surface area contributed by atoms with Gasteiger partial charge in [0.2, 0.25) is 0 Å². The number of aliphatic hydroxyl groups is 1. The van der Waals surface area contributed by atoms with Crippen molar-refractivity contribution >= 4 is 10.9 Å². The van der Waals surface area contributed by atoms with Crippen LogP contribution in [0.3, 0.4) is 0 Å². The quantitative estimate of drug-likeness (QED) is 0.669. The Morgan fingerprint density at radius 1 is 1.24 bits per heavy atom. The maximum Gasteiger partial charge on any atom is 0.252 e. The number of aliphatic hydroxyl groups excluding tert-OH is 1. The van der Waals surface area contributed by atoms with Gasteiger partial charge in [-0.25, -0.2) is 0 Å². The molecule has 0 spiro atoms. The molecule has 5 nitrogen and oxygen atoms in total. The van der Waals surface area contributed by atoms with E-state index >= 15 is 0 Å². The van der Waals surface area contributed by atoms with Crippen LogP contribution in [0.15, 0.2) is 57.9 Å². The molecule has 108 valence electrons. The van der Waals surface area contributed by atoms with Crippen molar-refractivity contribution in [3.05, 3.63) is 70.4 Å². The SMILES string of the molecule is O=c1[nH]c2ccccc2cc1CNC[C@H](O)c1ccco1. The van der Waals surface area contributed by atoms with E-state index in [1.807, 2.05) is 30.3 Å². The molecule has 0 aliphatic carbocycles. The first kappa shape index (κ1) is 13.6. The number of nitrogens with one attached hydrogen (secondary N) is 2. The molecule has 0 bridgehead atoms. The molecule has 3 N–H and O–H groups in total. The van der Waals surface area contributed by atoms with Gasteiger partial charge in [-0.05, 0) is 29.7 Å². The van der Waals surface area contributed by atoms with Crippen LogP contribution in [0.25, 0.3) is 10.9 Å². The molecular weight excluding hydrogens is 268 g/mol. The largest absolute Gasteiger partial charge is 0.467 e. The predicted octanol–water partition coefficient (Wildman–Crippen LogP) is 1.94. The van der Waals surface area contributed by atoms with Crippen LogP contribution >= 0.6 is 0 Å².